The van der Waals surface area contributed by atoms with Crippen LogP contribution in [0.2, 0.25) is 5.02 Å². The number of aliphatic imine (C=N–C) groups is 1. The maximum absolute atomic E-state index is 13.2. The Hall–Kier alpha value is -3.96. The zero-order valence-corrected chi connectivity index (χ0v) is 24.1. The van der Waals surface area contributed by atoms with Crippen LogP contribution in [0.3, 0.4) is 0 Å². The molecule has 2 N–H and O–H groups in total. The highest BCUT2D eigenvalue weighted by Crippen LogP contribution is 2.31. The summed E-state index contributed by atoms with van der Waals surface area (Å²) < 4.78 is 11.7. The maximum atomic E-state index is 13.2. The Balaban J connectivity index is 1.30. The third-order valence-electron chi connectivity index (χ3n) is 6.52. The van der Waals surface area contributed by atoms with E-state index in [2.05, 4.69) is 25.6 Å². The van der Waals surface area contributed by atoms with E-state index in [0.29, 0.717) is 60.3 Å². The molecule has 10 nitrogen and oxygen atoms in total. The van der Waals surface area contributed by atoms with Crippen LogP contribution in [0.25, 0.3) is 0 Å². The number of carbonyl (C=O) groups is 1. The van der Waals surface area contributed by atoms with Crippen molar-refractivity contribution in [3.05, 3.63) is 70.5 Å². The second-order valence-electron chi connectivity index (χ2n) is 9.58. The molecule has 3 heterocycles. The quantitative estimate of drug-likeness (QED) is 0.268. The Kier molecular flexibility index (Phi) is 8.32. The number of nitrogens with one attached hydrogen (secondary N) is 2. The number of guanidine groups is 1. The Morgan fingerprint density at radius 3 is 2.38 bits per heavy atom. The van der Waals surface area contributed by atoms with E-state index in [0.717, 1.165) is 17.0 Å². The Morgan fingerprint density at radius 1 is 0.975 bits per heavy atom. The number of hydrogen-bond acceptors (Lipinski definition) is 6. The number of aromatic nitrogens is 2. The van der Waals surface area contributed by atoms with E-state index in [9.17, 15) is 4.79 Å². The molecule has 1 amide bonds. The lowest BCUT2D eigenvalue weighted by molar-refractivity contribution is -0.142. The number of aryl methyl sites for hydroxylation is 3. The van der Waals surface area contributed by atoms with Crippen LogP contribution in [0.15, 0.2) is 53.5 Å². The fraction of sp³-hybridized carbons (Fsp3) is 0.321. The summed E-state index contributed by atoms with van der Waals surface area (Å²) in [6.45, 7) is 7.88. The predicted molar refractivity (Wildman–Crippen MR) is 159 cm³/mol. The predicted octanol–water partition coefficient (Wildman–Crippen LogP) is 4.20. The lowest BCUT2D eigenvalue weighted by Crippen LogP contribution is -2.56. The second kappa shape index (κ2) is 12.1. The lowest BCUT2D eigenvalue weighted by atomic mass is 10.2. The van der Waals surface area contributed by atoms with Gasteiger partial charge in [0.25, 0.3) is 5.91 Å². The fourth-order valence-corrected chi connectivity index (χ4v) is 4.90. The minimum atomic E-state index is -0.688. The standard InChI is InChI=1S/C28H30ClN7O3S/c1-17-7-6-8-20(24(17)29)32-28(40)34-27(33-26-30-18(2)15-19(3)31-26)36-13-11-35(12-14-36)25(37)23-16-38-21-9-4-5-10-22(21)39-23/h4-10,15,23H,11-14,16H2,1-3H3,(H2,30,31,32,33,34,40). The molecule has 1 unspecified atom stereocenters. The van der Waals surface area contributed by atoms with E-state index in [4.69, 9.17) is 33.3 Å². The van der Waals surface area contributed by atoms with Gasteiger partial charge in [0.1, 0.15) is 6.61 Å². The summed E-state index contributed by atoms with van der Waals surface area (Å²) in [7, 11) is 0. The van der Waals surface area contributed by atoms with Gasteiger partial charge in [0.15, 0.2) is 11.5 Å². The number of amides is 1. The second-order valence-corrected chi connectivity index (χ2v) is 10.3. The Bertz CT molecular complexity index is 1440. The van der Waals surface area contributed by atoms with Crippen LogP contribution in [0.1, 0.15) is 17.0 Å². The summed E-state index contributed by atoms with van der Waals surface area (Å²) >= 11 is 12.0. The molecule has 1 fully saturated rings. The van der Waals surface area contributed by atoms with Gasteiger partial charge in [-0.1, -0.05) is 35.9 Å². The number of rotatable bonds is 3. The molecule has 2 aliphatic rings. The van der Waals surface area contributed by atoms with Gasteiger partial charge in [-0.05, 0) is 62.8 Å². The van der Waals surface area contributed by atoms with Gasteiger partial charge in [-0.2, -0.15) is 4.99 Å². The summed E-state index contributed by atoms with van der Waals surface area (Å²) in [6, 6.07) is 14.9. The van der Waals surface area contributed by atoms with Crippen LogP contribution in [0.5, 0.6) is 11.5 Å². The molecule has 0 saturated carbocycles. The summed E-state index contributed by atoms with van der Waals surface area (Å²) in [5.41, 5.74) is 3.25. The topological polar surface area (TPSA) is 104 Å². The Labute approximate surface area is 243 Å². The molecule has 5 rings (SSSR count). The normalized spacial score (nSPS) is 16.9. The van der Waals surface area contributed by atoms with Gasteiger partial charge in [0.05, 0.1) is 10.7 Å². The summed E-state index contributed by atoms with van der Waals surface area (Å²) in [5.74, 6) is 2.01. The van der Waals surface area contributed by atoms with Crippen molar-refractivity contribution in [3.8, 4) is 11.5 Å². The van der Waals surface area contributed by atoms with Gasteiger partial charge in [0, 0.05) is 37.6 Å². The van der Waals surface area contributed by atoms with Crippen LogP contribution in [-0.2, 0) is 4.79 Å². The number of halogens is 1. The molecule has 2 aliphatic heterocycles. The number of fused-ring (bicyclic) bond motifs is 1. The number of piperazine rings is 1. The van der Waals surface area contributed by atoms with Gasteiger partial charge >= 0.3 is 0 Å². The van der Waals surface area contributed by atoms with Crippen molar-refractivity contribution in [1.82, 2.24) is 19.8 Å². The van der Waals surface area contributed by atoms with Crippen molar-refractivity contribution >= 4 is 52.4 Å². The third-order valence-corrected chi connectivity index (χ3v) is 7.22. The van der Waals surface area contributed by atoms with E-state index in [1.807, 2.05) is 68.1 Å². The fourth-order valence-electron chi connectivity index (χ4n) is 4.53. The Morgan fingerprint density at radius 2 is 1.65 bits per heavy atom. The lowest BCUT2D eigenvalue weighted by Gasteiger charge is -2.38. The number of nitrogens with zero attached hydrogens (tertiary/aromatic N) is 5. The average molecular weight is 580 g/mol. The molecule has 0 bridgehead atoms. The first-order valence-electron chi connectivity index (χ1n) is 12.9. The van der Waals surface area contributed by atoms with E-state index < -0.39 is 6.10 Å². The summed E-state index contributed by atoms with van der Waals surface area (Å²) in [5, 5.41) is 7.16. The van der Waals surface area contributed by atoms with Gasteiger partial charge in [-0.3, -0.25) is 10.1 Å². The number of hydrogen-bond donors (Lipinski definition) is 2. The number of para-hydroxylation sites is 2. The maximum Gasteiger partial charge on any atom is 0.267 e. The van der Waals surface area contributed by atoms with Crippen LogP contribution in [0.4, 0.5) is 11.6 Å². The highest BCUT2D eigenvalue weighted by atomic mass is 35.5. The molecule has 0 radical (unpaired) electrons. The van der Waals surface area contributed by atoms with Crippen molar-refractivity contribution < 1.29 is 14.3 Å². The molecular formula is C28H30ClN7O3S. The highest BCUT2D eigenvalue weighted by molar-refractivity contribution is 7.80. The molecule has 1 atom stereocenters. The van der Waals surface area contributed by atoms with E-state index in [-0.39, 0.29) is 17.6 Å². The molecule has 12 heteroatoms. The first-order valence-corrected chi connectivity index (χ1v) is 13.7. The van der Waals surface area contributed by atoms with E-state index >= 15 is 0 Å². The summed E-state index contributed by atoms with van der Waals surface area (Å²) in [4.78, 5) is 30.7. The minimum Gasteiger partial charge on any atom is -0.485 e. The van der Waals surface area contributed by atoms with Gasteiger partial charge in [-0.15, -0.1) is 0 Å². The summed E-state index contributed by atoms with van der Waals surface area (Å²) in [6.07, 6.45) is -0.688. The molecule has 0 aliphatic carbocycles. The molecule has 3 aromatic rings. The van der Waals surface area contributed by atoms with Crippen molar-refractivity contribution in [2.24, 2.45) is 4.99 Å². The zero-order chi connectivity index (χ0) is 28.2. The highest BCUT2D eigenvalue weighted by Gasteiger charge is 2.33. The zero-order valence-electron chi connectivity index (χ0n) is 22.5. The third kappa shape index (κ3) is 6.43. The first-order chi connectivity index (χ1) is 19.3. The molecule has 1 saturated heterocycles. The van der Waals surface area contributed by atoms with Crippen LogP contribution >= 0.6 is 23.8 Å². The molecule has 0 spiro atoms. The first kappa shape index (κ1) is 27.6. The SMILES string of the molecule is Cc1cc(C)nc(N/C(=N/C(=S)Nc2cccc(C)c2Cl)N2CCN(C(=O)C3COc4ccccc4O3)CC2)n1. The van der Waals surface area contributed by atoms with Crippen LogP contribution in [-0.4, -0.2) is 75.6 Å². The molecular weight excluding hydrogens is 550 g/mol. The monoisotopic (exact) mass is 579 g/mol. The van der Waals surface area contributed by atoms with Crippen molar-refractivity contribution in [2.75, 3.05) is 43.4 Å². The molecule has 2 aromatic carbocycles. The van der Waals surface area contributed by atoms with E-state index in [1.165, 1.54) is 0 Å². The number of ether oxygens (including phenoxy) is 2. The van der Waals surface area contributed by atoms with Gasteiger partial charge in [0.2, 0.25) is 23.1 Å². The molecule has 1 aromatic heterocycles. The van der Waals surface area contributed by atoms with Crippen molar-refractivity contribution in [1.29, 1.82) is 0 Å². The average Bonchev–Trinajstić information content (AvgIpc) is 2.94. The largest absolute Gasteiger partial charge is 0.485 e. The van der Waals surface area contributed by atoms with Crippen LogP contribution < -0.4 is 20.1 Å². The number of anilines is 2. The molecule has 208 valence electrons. The smallest absolute Gasteiger partial charge is 0.267 e. The minimum absolute atomic E-state index is 0.107. The van der Waals surface area contributed by atoms with Crippen molar-refractivity contribution in [3.63, 3.8) is 0 Å². The van der Waals surface area contributed by atoms with E-state index in [1.54, 1.807) is 11.0 Å². The number of carbonyl (C=O) groups excluding carboxylic acids is 1. The van der Waals surface area contributed by atoms with Crippen molar-refractivity contribution in [2.45, 2.75) is 26.9 Å². The number of benzene rings is 2. The number of thiocarbonyl (C=S) groups is 1. The van der Waals surface area contributed by atoms with Crippen LogP contribution in [0, 0.1) is 20.8 Å². The molecule has 40 heavy (non-hydrogen) atoms. The van der Waals surface area contributed by atoms with Gasteiger partial charge < -0.3 is 24.6 Å². The van der Waals surface area contributed by atoms with Gasteiger partial charge in [-0.25, -0.2) is 9.97 Å².